The van der Waals surface area contributed by atoms with Crippen LogP contribution >= 0.6 is 0 Å². The summed E-state index contributed by atoms with van der Waals surface area (Å²) in [5, 5.41) is 2.92. The Morgan fingerprint density at radius 1 is 1.34 bits per heavy atom. The number of carbonyl (C=O) groups excluding carboxylic acids is 3. The molecule has 3 rings (SSSR count). The van der Waals surface area contributed by atoms with E-state index >= 15 is 0 Å². The molecule has 2 aliphatic rings. The number of aromatic nitrogens is 2. The molecule has 0 radical (unpaired) electrons. The predicted octanol–water partition coefficient (Wildman–Crippen LogP) is -2.49. The van der Waals surface area contributed by atoms with Gasteiger partial charge in [-0.05, 0) is 18.9 Å². The number of fused-ring (bicyclic) bond motifs is 2. The molecule has 29 heavy (non-hydrogen) atoms. The highest BCUT2D eigenvalue weighted by atomic mass is 32.3. The average molecular weight is 430 g/mol. The number of nitrogens with zero attached hydrogens (tertiary/aromatic N) is 4. The van der Waals surface area contributed by atoms with Crippen LogP contribution in [0.4, 0.5) is 10.6 Å². The number of carbonyl (C=O) groups is 3. The van der Waals surface area contributed by atoms with Crippen molar-refractivity contribution in [3.05, 3.63) is 22.7 Å². The first kappa shape index (κ1) is 20.7. The number of nitrogen functional groups attached to an aromatic ring is 1. The summed E-state index contributed by atoms with van der Waals surface area (Å²) in [4.78, 5) is 52.9. The van der Waals surface area contributed by atoms with Crippen molar-refractivity contribution in [1.29, 1.82) is 0 Å². The van der Waals surface area contributed by atoms with Gasteiger partial charge < -0.3 is 16.0 Å². The summed E-state index contributed by atoms with van der Waals surface area (Å²) < 4.78 is 35.8. The second kappa shape index (κ2) is 7.76. The first-order valence-corrected chi connectivity index (χ1v) is 9.81. The average Bonchev–Trinajstić information content (AvgIpc) is 2.86. The van der Waals surface area contributed by atoms with E-state index in [0.717, 1.165) is 9.47 Å². The quantitative estimate of drug-likeness (QED) is 0.390. The van der Waals surface area contributed by atoms with Crippen LogP contribution in [-0.2, 0) is 30.8 Å². The zero-order valence-electron chi connectivity index (χ0n) is 14.9. The highest BCUT2D eigenvalue weighted by Crippen LogP contribution is 2.30. The van der Waals surface area contributed by atoms with Gasteiger partial charge in [0.2, 0.25) is 5.91 Å². The van der Waals surface area contributed by atoms with Crippen molar-refractivity contribution >= 4 is 33.9 Å². The first-order valence-electron chi connectivity index (χ1n) is 8.44. The van der Waals surface area contributed by atoms with Crippen LogP contribution in [0.1, 0.15) is 12.8 Å². The predicted molar refractivity (Wildman–Crippen MR) is 94.3 cm³/mol. The van der Waals surface area contributed by atoms with Gasteiger partial charge in [-0.15, -0.1) is 4.28 Å². The van der Waals surface area contributed by atoms with E-state index in [0.29, 0.717) is 5.06 Å². The zero-order chi connectivity index (χ0) is 21.3. The second-order valence-electron chi connectivity index (χ2n) is 6.53. The van der Waals surface area contributed by atoms with Gasteiger partial charge in [-0.25, -0.2) is 9.59 Å². The number of urea groups is 1. The third kappa shape index (κ3) is 4.69. The number of hydroxylamine groups is 2. The molecule has 14 nitrogen and oxygen atoms in total. The smallest absolute Gasteiger partial charge is 0.383 e. The van der Waals surface area contributed by atoms with Crippen LogP contribution in [0.5, 0.6) is 0 Å². The molecular formula is C14H18N6O8S. The van der Waals surface area contributed by atoms with E-state index in [2.05, 4.69) is 14.6 Å². The molecular weight excluding hydrogens is 412 g/mol. The molecule has 0 aromatic carbocycles. The molecule has 2 saturated heterocycles. The van der Waals surface area contributed by atoms with Crippen molar-refractivity contribution in [2.45, 2.75) is 31.5 Å². The normalized spacial score (nSPS) is 21.3. The van der Waals surface area contributed by atoms with Gasteiger partial charge >= 0.3 is 22.1 Å². The van der Waals surface area contributed by atoms with E-state index in [9.17, 15) is 27.6 Å². The minimum Gasteiger partial charge on any atom is -0.383 e. The molecule has 3 heterocycles. The second-order valence-corrected chi connectivity index (χ2v) is 7.53. The van der Waals surface area contributed by atoms with Crippen molar-refractivity contribution in [3.8, 4) is 0 Å². The third-order valence-corrected chi connectivity index (χ3v) is 4.85. The van der Waals surface area contributed by atoms with E-state index in [-0.39, 0.29) is 38.3 Å². The molecule has 1 aromatic rings. The zero-order valence-corrected chi connectivity index (χ0v) is 15.7. The summed E-state index contributed by atoms with van der Waals surface area (Å²) in [7, 11) is -4.88. The van der Waals surface area contributed by atoms with Crippen LogP contribution in [0.2, 0.25) is 0 Å². The summed E-state index contributed by atoms with van der Waals surface area (Å²) in [5.41, 5.74) is 4.66. The Morgan fingerprint density at radius 2 is 2.07 bits per heavy atom. The lowest BCUT2D eigenvalue weighted by Crippen LogP contribution is -2.50. The Morgan fingerprint density at radius 3 is 2.72 bits per heavy atom. The molecule has 15 heteroatoms. The Labute approximate surface area is 164 Å². The van der Waals surface area contributed by atoms with Gasteiger partial charge in [0, 0.05) is 12.7 Å². The van der Waals surface area contributed by atoms with Gasteiger partial charge in [-0.3, -0.25) is 18.7 Å². The highest BCUT2D eigenvalue weighted by Gasteiger charge is 2.49. The number of nitrogens with one attached hydrogen (secondary N) is 1. The van der Waals surface area contributed by atoms with Crippen LogP contribution in [0.3, 0.4) is 0 Å². The summed E-state index contributed by atoms with van der Waals surface area (Å²) in [6.07, 6.45) is 1.78. The standard InChI is InChI=1S/C14H18N6O8S/c15-11-3-4-18(13(23)17-11)7-9(21)5-16-12(22)10-2-1-8-6-19(10)14(24)20(8)28-29(25,26)27/h3-4,8,10H,1-2,5-7H2,(H,16,22)(H2,15,17,23)(H,25,26,27)/t8-,10+/m1/s1. The first-order chi connectivity index (χ1) is 13.5. The van der Waals surface area contributed by atoms with E-state index in [1.54, 1.807) is 0 Å². The van der Waals surface area contributed by atoms with Crippen molar-refractivity contribution in [1.82, 2.24) is 24.8 Å². The molecule has 0 aliphatic carbocycles. The Hall–Kier alpha value is -3.04. The van der Waals surface area contributed by atoms with Crippen LogP contribution in [0.25, 0.3) is 0 Å². The van der Waals surface area contributed by atoms with Crippen LogP contribution < -0.4 is 16.7 Å². The molecule has 2 bridgehead atoms. The monoisotopic (exact) mass is 430 g/mol. The van der Waals surface area contributed by atoms with E-state index in [1.165, 1.54) is 12.3 Å². The number of amides is 3. The van der Waals surface area contributed by atoms with Gasteiger partial charge in [0.25, 0.3) is 0 Å². The van der Waals surface area contributed by atoms with Gasteiger partial charge in [0.05, 0.1) is 19.1 Å². The lowest BCUT2D eigenvalue weighted by Gasteiger charge is -2.29. The summed E-state index contributed by atoms with van der Waals surface area (Å²) in [5.74, 6) is -1.07. The lowest BCUT2D eigenvalue weighted by atomic mass is 10.0. The third-order valence-electron chi connectivity index (χ3n) is 4.50. The number of Topliss-reactive ketones (excluding diaryl/α,β-unsaturated/α-hetero) is 1. The van der Waals surface area contributed by atoms with Gasteiger partial charge in [-0.2, -0.15) is 18.5 Å². The van der Waals surface area contributed by atoms with E-state index in [4.69, 9.17) is 10.3 Å². The van der Waals surface area contributed by atoms with Gasteiger partial charge in [-0.1, -0.05) is 0 Å². The van der Waals surface area contributed by atoms with Crippen molar-refractivity contribution in [2.24, 2.45) is 0 Å². The van der Waals surface area contributed by atoms with Crippen molar-refractivity contribution in [2.75, 3.05) is 18.8 Å². The van der Waals surface area contributed by atoms with Crippen LogP contribution in [0, 0.1) is 0 Å². The fourth-order valence-corrected chi connectivity index (χ4v) is 3.60. The number of piperidine rings is 1. The molecule has 4 N–H and O–H groups in total. The molecule has 158 valence electrons. The van der Waals surface area contributed by atoms with Crippen LogP contribution in [0.15, 0.2) is 17.1 Å². The Bertz CT molecular complexity index is 1010. The highest BCUT2D eigenvalue weighted by molar-refractivity contribution is 7.80. The molecule has 0 spiro atoms. The lowest BCUT2D eigenvalue weighted by molar-refractivity contribution is -0.128. The summed E-state index contributed by atoms with van der Waals surface area (Å²) in [6.45, 7) is -0.673. The molecule has 0 saturated carbocycles. The molecule has 0 unspecified atom stereocenters. The maximum absolute atomic E-state index is 12.4. The van der Waals surface area contributed by atoms with Crippen molar-refractivity contribution in [3.63, 3.8) is 0 Å². The fraction of sp³-hybridized carbons (Fsp3) is 0.500. The maximum Gasteiger partial charge on any atom is 0.418 e. The Balaban J connectivity index is 1.57. The topological polar surface area (TPSA) is 194 Å². The molecule has 2 fully saturated rings. The number of hydrogen-bond acceptors (Lipinski definition) is 9. The molecule has 2 atom stereocenters. The minimum atomic E-state index is -4.88. The van der Waals surface area contributed by atoms with Gasteiger partial charge in [0.15, 0.2) is 5.78 Å². The number of nitrogens with two attached hydrogens (primary N) is 1. The Kier molecular flexibility index (Phi) is 5.54. The van der Waals surface area contributed by atoms with Crippen LogP contribution in [-0.4, -0.2) is 75.4 Å². The summed E-state index contributed by atoms with van der Waals surface area (Å²) >= 11 is 0. The molecule has 2 aliphatic heterocycles. The largest absolute Gasteiger partial charge is 0.418 e. The molecule has 3 amide bonds. The van der Waals surface area contributed by atoms with E-state index < -0.39 is 45.9 Å². The summed E-state index contributed by atoms with van der Waals surface area (Å²) in [6, 6.07) is -1.08. The number of anilines is 1. The molecule has 1 aromatic heterocycles. The van der Waals surface area contributed by atoms with E-state index in [1.807, 2.05) is 0 Å². The number of ketones is 1. The maximum atomic E-state index is 12.4. The number of rotatable bonds is 7. The minimum absolute atomic E-state index is 0.0184. The van der Waals surface area contributed by atoms with Gasteiger partial charge in [0.1, 0.15) is 11.9 Å². The number of hydrogen-bond donors (Lipinski definition) is 3. The fourth-order valence-electron chi connectivity index (χ4n) is 3.22. The SMILES string of the molecule is Nc1ccn(CC(=O)CNC(=O)[C@@H]2CC[C@@H]3CN2C(=O)N3OS(=O)(=O)O)c(=O)n1. The van der Waals surface area contributed by atoms with Crippen molar-refractivity contribution < 1.29 is 31.6 Å².